The van der Waals surface area contributed by atoms with Crippen LogP contribution in [0.4, 0.5) is 11.4 Å². The van der Waals surface area contributed by atoms with Crippen LogP contribution in [0.15, 0.2) is 47.4 Å². The van der Waals surface area contributed by atoms with Crippen LogP contribution in [0.3, 0.4) is 0 Å². The lowest BCUT2D eigenvalue weighted by molar-refractivity contribution is -0.387. The molecule has 0 spiro atoms. The van der Waals surface area contributed by atoms with Crippen molar-refractivity contribution in [3.63, 3.8) is 0 Å². The molecule has 2 aromatic carbocycles. The molecule has 2 aromatic rings. The number of carbonyl (C=O) groups excluding carboxylic acids is 1. The second kappa shape index (κ2) is 7.09. The smallest absolute Gasteiger partial charge is 0.283 e. The molecule has 0 saturated heterocycles. The van der Waals surface area contributed by atoms with Gasteiger partial charge in [0.05, 0.1) is 9.82 Å². The third kappa shape index (κ3) is 3.46. The molecule has 0 aliphatic carbocycles. The molecule has 5 nitrogen and oxygen atoms in total. The first-order valence-electron chi connectivity index (χ1n) is 6.78. The molecule has 0 bridgehead atoms. The molecule has 1 amide bonds. The number of anilines is 1. The van der Waals surface area contributed by atoms with Crippen LogP contribution in [-0.4, -0.2) is 17.1 Å². The van der Waals surface area contributed by atoms with Gasteiger partial charge in [-0.1, -0.05) is 25.1 Å². The minimum Gasteiger partial charge on any atom is -0.322 e. The number of nitrogens with one attached hydrogen (secondary N) is 1. The van der Waals surface area contributed by atoms with Crippen LogP contribution in [0.2, 0.25) is 0 Å². The molecule has 22 heavy (non-hydrogen) atoms. The van der Waals surface area contributed by atoms with E-state index in [1.54, 1.807) is 18.4 Å². The summed E-state index contributed by atoms with van der Waals surface area (Å²) in [5.74, 6) is -0.350. The van der Waals surface area contributed by atoms with Gasteiger partial charge in [0.2, 0.25) is 0 Å². The van der Waals surface area contributed by atoms with Gasteiger partial charge in [0, 0.05) is 17.3 Å². The molecular weight excluding hydrogens is 300 g/mol. The number of thioether (sulfide) groups is 1. The highest BCUT2D eigenvalue weighted by molar-refractivity contribution is 7.98. The molecule has 0 heterocycles. The number of benzene rings is 2. The lowest BCUT2D eigenvalue weighted by Gasteiger charge is -2.10. The Bertz CT molecular complexity index is 716. The summed E-state index contributed by atoms with van der Waals surface area (Å²) in [6.45, 7) is 2.00. The maximum atomic E-state index is 12.3. The van der Waals surface area contributed by atoms with Crippen molar-refractivity contribution in [2.45, 2.75) is 18.2 Å². The Morgan fingerprint density at radius 2 is 2.00 bits per heavy atom. The number of hydrogen-bond acceptors (Lipinski definition) is 4. The van der Waals surface area contributed by atoms with Crippen LogP contribution in [0.1, 0.15) is 22.8 Å². The maximum Gasteiger partial charge on any atom is 0.283 e. The van der Waals surface area contributed by atoms with E-state index in [1.165, 1.54) is 17.8 Å². The summed E-state index contributed by atoms with van der Waals surface area (Å²) in [6, 6.07) is 12.0. The zero-order valence-corrected chi connectivity index (χ0v) is 13.1. The quantitative estimate of drug-likeness (QED) is 0.511. The topological polar surface area (TPSA) is 72.2 Å². The number of amides is 1. The molecule has 0 saturated carbocycles. The van der Waals surface area contributed by atoms with Gasteiger partial charge < -0.3 is 5.32 Å². The Balaban J connectivity index is 2.30. The van der Waals surface area contributed by atoms with Crippen molar-refractivity contribution < 1.29 is 9.72 Å². The fourth-order valence-corrected chi connectivity index (χ4v) is 2.67. The molecule has 1 N–H and O–H groups in total. The van der Waals surface area contributed by atoms with Gasteiger partial charge in [-0.05, 0) is 36.4 Å². The first-order chi connectivity index (χ1) is 10.6. The van der Waals surface area contributed by atoms with Gasteiger partial charge in [0.1, 0.15) is 0 Å². The molecule has 0 aromatic heterocycles. The minimum atomic E-state index is -0.470. The average molecular weight is 316 g/mol. The van der Waals surface area contributed by atoms with Crippen molar-refractivity contribution >= 4 is 29.0 Å². The van der Waals surface area contributed by atoms with E-state index in [0.717, 1.165) is 17.7 Å². The Morgan fingerprint density at radius 3 is 2.64 bits per heavy atom. The summed E-state index contributed by atoms with van der Waals surface area (Å²) < 4.78 is 0. The second-order valence-electron chi connectivity index (χ2n) is 4.61. The predicted molar refractivity (Wildman–Crippen MR) is 88.7 cm³/mol. The zero-order chi connectivity index (χ0) is 16.1. The predicted octanol–water partition coefficient (Wildman–Crippen LogP) is 4.13. The largest absolute Gasteiger partial charge is 0.322 e. The van der Waals surface area contributed by atoms with Gasteiger partial charge in [-0.15, -0.1) is 11.8 Å². The van der Waals surface area contributed by atoms with E-state index < -0.39 is 4.92 Å². The van der Waals surface area contributed by atoms with E-state index in [1.807, 2.05) is 31.2 Å². The Labute approximate surface area is 132 Å². The number of nitro benzene ring substituents is 1. The van der Waals surface area contributed by atoms with E-state index in [-0.39, 0.29) is 17.2 Å². The van der Waals surface area contributed by atoms with Crippen LogP contribution in [0.25, 0.3) is 0 Å². The maximum absolute atomic E-state index is 12.3. The molecule has 114 valence electrons. The van der Waals surface area contributed by atoms with Gasteiger partial charge in [0.25, 0.3) is 11.6 Å². The highest BCUT2D eigenvalue weighted by Gasteiger charge is 2.17. The third-order valence-electron chi connectivity index (χ3n) is 3.28. The van der Waals surface area contributed by atoms with Crippen LogP contribution in [0, 0.1) is 10.1 Å². The Morgan fingerprint density at radius 1 is 1.27 bits per heavy atom. The molecule has 0 unspecified atom stereocenters. The number of rotatable bonds is 5. The average Bonchev–Trinajstić information content (AvgIpc) is 2.54. The van der Waals surface area contributed by atoms with Crippen molar-refractivity contribution in [3.05, 3.63) is 63.7 Å². The molecule has 0 aliphatic heterocycles. The van der Waals surface area contributed by atoms with Crippen LogP contribution >= 0.6 is 11.8 Å². The van der Waals surface area contributed by atoms with Gasteiger partial charge in [-0.2, -0.15) is 0 Å². The second-order valence-corrected chi connectivity index (χ2v) is 5.46. The highest BCUT2D eigenvalue weighted by Crippen LogP contribution is 2.28. The number of carbonyl (C=O) groups is 1. The van der Waals surface area contributed by atoms with Gasteiger partial charge in [-0.3, -0.25) is 14.9 Å². The molecule has 2 rings (SSSR count). The number of nitrogens with zero attached hydrogens (tertiary/aromatic N) is 1. The fourth-order valence-electron chi connectivity index (χ4n) is 2.12. The Hall–Kier alpha value is -2.34. The lowest BCUT2D eigenvalue weighted by atomic mass is 10.1. The number of hydrogen-bond donors (Lipinski definition) is 1. The van der Waals surface area contributed by atoms with Crippen molar-refractivity contribution in [3.8, 4) is 0 Å². The molecule has 0 fully saturated rings. The van der Waals surface area contributed by atoms with Gasteiger partial charge >= 0.3 is 0 Å². The van der Waals surface area contributed by atoms with E-state index in [2.05, 4.69) is 5.32 Å². The van der Waals surface area contributed by atoms with E-state index in [9.17, 15) is 14.9 Å². The molecular formula is C16H16N2O3S. The Kier molecular flexibility index (Phi) is 5.16. The van der Waals surface area contributed by atoms with E-state index in [0.29, 0.717) is 4.90 Å². The number of aryl methyl sites for hydroxylation is 1. The summed E-state index contributed by atoms with van der Waals surface area (Å²) in [4.78, 5) is 23.5. The SMILES string of the molecule is CCc1ccccc1NC(=O)c1ccc(SC)c([N+](=O)[O-])c1. The summed E-state index contributed by atoms with van der Waals surface area (Å²) in [7, 11) is 0. The zero-order valence-electron chi connectivity index (χ0n) is 12.3. The molecule has 0 radical (unpaired) electrons. The van der Waals surface area contributed by atoms with Crippen LogP contribution in [0.5, 0.6) is 0 Å². The number of nitro groups is 1. The standard InChI is InChI=1S/C16H16N2O3S/c1-3-11-6-4-5-7-13(11)17-16(19)12-8-9-15(22-2)14(10-12)18(20)21/h4-10H,3H2,1-2H3,(H,17,19). The summed E-state index contributed by atoms with van der Waals surface area (Å²) in [6.07, 6.45) is 2.56. The minimum absolute atomic E-state index is 0.0519. The van der Waals surface area contributed by atoms with Crippen molar-refractivity contribution in [1.29, 1.82) is 0 Å². The van der Waals surface area contributed by atoms with Crippen molar-refractivity contribution in [2.75, 3.05) is 11.6 Å². The summed E-state index contributed by atoms with van der Waals surface area (Å²) in [5.41, 5.74) is 1.97. The third-order valence-corrected chi connectivity index (χ3v) is 4.07. The highest BCUT2D eigenvalue weighted by atomic mass is 32.2. The fraction of sp³-hybridized carbons (Fsp3) is 0.188. The lowest BCUT2D eigenvalue weighted by Crippen LogP contribution is -2.13. The molecule has 0 aliphatic rings. The first kappa shape index (κ1) is 16.0. The van der Waals surface area contributed by atoms with Crippen LogP contribution < -0.4 is 5.32 Å². The van der Waals surface area contributed by atoms with Gasteiger partial charge in [-0.25, -0.2) is 0 Å². The summed E-state index contributed by atoms with van der Waals surface area (Å²) >= 11 is 1.28. The van der Waals surface area contributed by atoms with Crippen molar-refractivity contribution in [1.82, 2.24) is 0 Å². The first-order valence-corrected chi connectivity index (χ1v) is 8.01. The van der Waals surface area contributed by atoms with E-state index in [4.69, 9.17) is 0 Å². The van der Waals surface area contributed by atoms with Gasteiger partial charge in [0.15, 0.2) is 0 Å². The van der Waals surface area contributed by atoms with Crippen LogP contribution in [-0.2, 0) is 6.42 Å². The number of para-hydroxylation sites is 1. The molecule has 0 atom stereocenters. The monoisotopic (exact) mass is 316 g/mol. The normalized spacial score (nSPS) is 10.3. The summed E-state index contributed by atoms with van der Waals surface area (Å²) in [5, 5.41) is 13.9. The van der Waals surface area contributed by atoms with E-state index >= 15 is 0 Å². The van der Waals surface area contributed by atoms with Crippen molar-refractivity contribution in [2.24, 2.45) is 0 Å². The molecule has 6 heteroatoms.